The van der Waals surface area contributed by atoms with Crippen molar-refractivity contribution >= 4 is 0 Å². The predicted molar refractivity (Wildman–Crippen MR) is 251 cm³/mol. The lowest BCUT2D eigenvalue weighted by atomic mass is 9.53. The van der Waals surface area contributed by atoms with Gasteiger partial charge in [-0.1, -0.05) is 110 Å². The minimum Gasteiger partial charge on any atom is -0.294 e. The first-order valence-electron chi connectivity index (χ1n) is 29.2. The maximum atomic E-state index is 3.48. The van der Waals surface area contributed by atoms with Gasteiger partial charge >= 0.3 is 0 Å². The van der Waals surface area contributed by atoms with E-state index < -0.39 is 0 Å². The van der Waals surface area contributed by atoms with Crippen molar-refractivity contribution in [1.82, 2.24) is 4.90 Å². The topological polar surface area (TPSA) is 3.24 Å². The molecule has 12 saturated carbocycles. The van der Waals surface area contributed by atoms with Crippen LogP contribution in [0, 0.1) is 112 Å². The maximum absolute atomic E-state index is 3.48. The molecule has 12 rings (SSSR count). The number of hydrogen-bond acceptors (Lipinski definition) is 1. The molecule has 12 aliphatic rings. The number of hydrogen-bond donors (Lipinski definition) is 0. The van der Waals surface area contributed by atoms with Crippen LogP contribution < -0.4 is 0 Å². The van der Waals surface area contributed by atoms with Gasteiger partial charge in [0.05, 0.1) is 0 Å². The molecule has 17 atom stereocenters. The van der Waals surface area contributed by atoms with Crippen molar-refractivity contribution in [3.05, 3.63) is 0 Å². The Kier molecular flexibility index (Phi) is 11.9. The minimum absolute atomic E-state index is 0.581. The highest BCUT2D eigenvalue weighted by atomic mass is 15.2. The van der Waals surface area contributed by atoms with Gasteiger partial charge in [-0.3, -0.25) is 4.90 Å². The summed E-state index contributed by atoms with van der Waals surface area (Å²) in [4.78, 5) is 3.48. The third-order valence-corrected chi connectivity index (χ3v) is 25.0. The van der Waals surface area contributed by atoms with Crippen LogP contribution in [0.2, 0.25) is 0 Å². The smallest absolute Gasteiger partial charge is 0.0104 e. The lowest BCUT2D eigenvalue weighted by Crippen LogP contribution is -2.55. The van der Waals surface area contributed by atoms with Crippen molar-refractivity contribution in [2.45, 2.75) is 257 Å². The number of rotatable bonds is 6. The number of nitrogens with zero attached hydrogens (tertiary/aromatic N) is 1. The highest BCUT2D eigenvalue weighted by molar-refractivity contribution is 5.10. The summed E-state index contributed by atoms with van der Waals surface area (Å²) in [5, 5.41) is 0. The molecule has 0 heterocycles. The second kappa shape index (κ2) is 17.3. The second-order valence-corrected chi connectivity index (χ2v) is 27.2. The molecule has 0 aliphatic heterocycles. The third kappa shape index (κ3) is 7.44. The Morgan fingerprint density at radius 1 is 0.267 bits per heavy atom. The molecule has 0 radical (unpaired) electrons. The molecule has 0 bridgehead atoms. The molecule has 0 aromatic rings. The number of fused-ring (bicyclic) bond motifs is 9. The van der Waals surface area contributed by atoms with Crippen LogP contribution in [-0.2, 0) is 0 Å². The zero-order chi connectivity index (χ0) is 40.0. The molecular weight excluding hydrogens is 723 g/mol. The molecule has 0 spiro atoms. The van der Waals surface area contributed by atoms with Gasteiger partial charge in [0.25, 0.3) is 0 Å². The highest BCUT2D eigenvalue weighted by Crippen LogP contribution is 2.67. The Morgan fingerprint density at radius 2 is 0.750 bits per heavy atom. The van der Waals surface area contributed by atoms with Crippen LogP contribution in [0.25, 0.3) is 0 Å². The van der Waals surface area contributed by atoms with Crippen LogP contribution in [0.1, 0.15) is 239 Å². The Bertz CT molecular complexity index is 1430. The lowest BCUT2D eigenvalue weighted by Gasteiger charge is -2.54. The van der Waals surface area contributed by atoms with Crippen LogP contribution in [0.3, 0.4) is 0 Å². The van der Waals surface area contributed by atoms with E-state index in [1.165, 1.54) is 38.5 Å². The quantitative estimate of drug-likeness (QED) is 0.258. The second-order valence-electron chi connectivity index (χ2n) is 27.2. The first-order chi connectivity index (χ1) is 29.5. The molecule has 1 nitrogen and oxygen atoms in total. The van der Waals surface area contributed by atoms with Gasteiger partial charge in [0, 0.05) is 18.1 Å². The van der Waals surface area contributed by atoms with Gasteiger partial charge in [0.15, 0.2) is 0 Å². The zero-order valence-electron chi connectivity index (χ0n) is 39.8. The average Bonchev–Trinajstić information content (AvgIpc) is 3.97. The highest BCUT2D eigenvalue weighted by Gasteiger charge is 2.60. The normalized spacial score (nSPS) is 52.1. The Labute approximate surface area is 372 Å². The maximum Gasteiger partial charge on any atom is 0.0104 e. The van der Waals surface area contributed by atoms with Crippen molar-refractivity contribution < 1.29 is 0 Å². The van der Waals surface area contributed by atoms with Gasteiger partial charge in [-0.15, -0.1) is 0 Å². The monoisotopic (exact) mass is 820 g/mol. The van der Waals surface area contributed by atoms with Gasteiger partial charge in [0.2, 0.25) is 0 Å². The zero-order valence-corrected chi connectivity index (χ0v) is 39.8. The Hall–Kier alpha value is -0.0400. The van der Waals surface area contributed by atoms with Crippen molar-refractivity contribution in [2.24, 2.45) is 112 Å². The van der Waals surface area contributed by atoms with E-state index in [9.17, 15) is 0 Å². The fourth-order valence-electron chi connectivity index (χ4n) is 22.6. The molecule has 17 unspecified atom stereocenters. The van der Waals surface area contributed by atoms with Crippen molar-refractivity contribution in [2.75, 3.05) is 0 Å². The molecule has 12 aliphatic carbocycles. The van der Waals surface area contributed by atoms with Gasteiger partial charge in [-0.2, -0.15) is 0 Å². The molecule has 1 heteroatoms. The molecule has 338 valence electrons. The summed E-state index contributed by atoms with van der Waals surface area (Å²) in [7, 11) is 0. The summed E-state index contributed by atoms with van der Waals surface area (Å²) in [6.07, 6.45) is 55.7. The summed E-state index contributed by atoms with van der Waals surface area (Å²) < 4.78 is 0. The van der Waals surface area contributed by atoms with Gasteiger partial charge in [-0.05, 0) is 240 Å². The molecule has 0 amide bonds. The van der Waals surface area contributed by atoms with E-state index in [4.69, 9.17) is 0 Å². The minimum atomic E-state index is 0.581. The van der Waals surface area contributed by atoms with E-state index in [0.29, 0.717) is 5.41 Å². The van der Waals surface area contributed by atoms with E-state index in [1.54, 1.807) is 186 Å². The Morgan fingerprint density at radius 3 is 1.53 bits per heavy atom. The van der Waals surface area contributed by atoms with Gasteiger partial charge in [-0.25, -0.2) is 0 Å². The van der Waals surface area contributed by atoms with Crippen molar-refractivity contribution in [3.63, 3.8) is 0 Å². The van der Waals surface area contributed by atoms with Crippen LogP contribution in [0.5, 0.6) is 0 Å². The van der Waals surface area contributed by atoms with E-state index in [1.807, 2.05) is 0 Å². The molecule has 0 aromatic heterocycles. The first-order valence-corrected chi connectivity index (χ1v) is 29.2. The van der Waals surface area contributed by atoms with Crippen LogP contribution >= 0.6 is 0 Å². The Balaban J connectivity index is 0.780. The van der Waals surface area contributed by atoms with Gasteiger partial charge in [0.1, 0.15) is 0 Å². The van der Waals surface area contributed by atoms with Crippen LogP contribution in [-0.4, -0.2) is 23.0 Å². The first kappa shape index (κ1) is 41.4. The summed E-state index contributed by atoms with van der Waals surface area (Å²) in [5.74, 6) is 19.7. The van der Waals surface area contributed by atoms with Crippen molar-refractivity contribution in [1.29, 1.82) is 0 Å². The van der Waals surface area contributed by atoms with E-state index >= 15 is 0 Å². The van der Waals surface area contributed by atoms with Crippen LogP contribution in [0.4, 0.5) is 0 Å². The molecule has 0 saturated heterocycles. The summed E-state index contributed by atoms with van der Waals surface area (Å²) in [6, 6.07) is 2.74. The summed E-state index contributed by atoms with van der Waals surface area (Å²) in [6.45, 7) is 5.58. The molecule has 60 heavy (non-hydrogen) atoms. The predicted octanol–water partition coefficient (Wildman–Crippen LogP) is 16.3. The fourth-order valence-corrected chi connectivity index (χ4v) is 22.6. The van der Waals surface area contributed by atoms with Gasteiger partial charge < -0.3 is 0 Å². The molecule has 0 aromatic carbocycles. The molecular formula is C59H97N. The summed E-state index contributed by atoms with van der Waals surface area (Å²) >= 11 is 0. The van der Waals surface area contributed by atoms with E-state index in [2.05, 4.69) is 18.7 Å². The van der Waals surface area contributed by atoms with Crippen molar-refractivity contribution in [3.8, 4) is 0 Å². The summed E-state index contributed by atoms with van der Waals surface area (Å²) in [5.41, 5.74) is 0.581. The average molecular weight is 820 g/mol. The standard InChI is InChI=1S/C59H97N/c1-59(2)56-20-12-11-19-52(56)53-30-28-49(37-57(53)59)60(47-25-23-40(24-26-47)38-13-5-3-6-14-38)48-27-29-51-46(34-48)36-55-50-18-10-9-17-42(50)35-54(58(51)55)43-22-21-41-31-44(33-45(41)32-43)39-15-7-4-8-16-39/h38-58H,3-37H2,1-2H3. The molecule has 0 N–H and O–H groups in total. The third-order valence-electron chi connectivity index (χ3n) is 25.0. The fraction of sp³-hybridized carbons (Fsp3) is 1.00. The lowest BCUT2D eigenvalue weighted by molar-refractivity contribution is -0.0477. The largest absolute Gasteiger partial charge is 0.294 e. The SMILES string of the molecule is CC1(C)C2CCCCC2C2CCC(N(C3CCC(C4CCCCC4)CC3)C3CCC4C(CC5C6CCCCC6CC(C6CCC7CC(C8CCCCC8)CC7C6)C45)C3)CC21. The molecule has 12 fully saturated rings. The van der Waals surface area contributed by atoms with Crippen LogP contribution in [0.15, 0.2) is 0 Å². The van der Waals surface area contributed by atoms with E-state index in [0.717, 1.165) is 125 Å². The van der Waals surface area contributed by atoms with E-state index in [-0.39, 0.29) is 0 Å².